The number of carbonyl (C=O) groups excluding carboxylic acids is 1. The number of nitrogens with zero attached hydrogens (tertiary/aromatic N) is 2. The molecule has 2 saturated heterocycles. The maximum absolute atomic E-state index is 12.6. The Bertz CT molecular complexity index is 321. The second-order valence-corrected chi connectivity index (χ2v) is 6.19. The molecule has 2 fully saturated rings. The summed E-state index contributed by atoms with van der Waals surface area (Å²) in [7, 11) is 2.18. The van der Waals surface area contributed by atoms with Gasteiger partial charge < -0.3 is 9.80 Å². The summed E-state index contributed by atoms with van der Waals surface area (Å²) in [5, 5.41) is 3.53. The lowest BCUT2D eigenvalue weighted by Gasteiger charge is -2.41. The largest absolute Gasteiger partial charge is 0.323 e. The number of carbonyl (C=O) groups is 1. The van der Waals surface area contributed by atoms with Crippen molar-refractivity contribution in [2.24, 2.45) is 0 Å². The zero-order chi connectivity index (χ0) is 14.0. The van der Waals surface area contributed by atoms with Crippen molar-refractivity contribution < 1.29 is 4.79 Å². The molecule has 4 atom stereocenters. The van der Waals surface area contributed by atoms with E-state index in [1.165, 1.54) is 0 Å². The summed E-state index contributed by atoms with van der Waals surface area (Å²) < 4.78 is 0. The lowest BCUT2D eigenvalue weighted by atomic mass is 9.96. The molecule has 4 unspecified atom stereocenters. The SMILES string of the molecule is CCCC1NC(CC)C(=O)N1C1CCN(C)C(C)C1. The van der Waals surface area contributed by atoms with Crippen LogP contribution in [0.5, 0.6) is 0 Å². The van der Waals surface area contributed by atoms with Crippen LogP contribution in [0.2, 0.25) is 0 Å². The van der Waals surface area contributed by atoms with Crippen molar-refractivity contribution in [2.45, 2.75) is 77.2 Å². The van der Waals surface area contributed by atoms with Crippen LogP contribution in [0.1, 0.15) is 52.9 Å². The van der Waals surface area contributed by atoms with Crippen LogP contribution in [0.25, 0.3) is 0 Å². The first-order valence-corrected chi connectivity index (χ1v) is 7.86. The Morgan fingerprint density at radius 2 is 2.11 bits per heavy atom. The van der Waals surface area contributed by atoms with Gasteiger partial charge in [-0.1, -0.05) is 20.3 Å². The molecular weight excluding hydrogens is 238 g/mol. The quantitative estimate of drug-likeness (QED) is 0.844. The first kappa shape index (κ1) is 14.8. The summed E-state index contributed by atoms with van der Waals surface area (Å²) in [5.41, 5.74) is 0. The number of hydrogen-bond donors (Lipinski definition) is 1. The van der Waals surface area contributed by atoms with Gasteiger partial charge in [-0.2, -0.15) is 0 Å². The van der Waals surface area contributed by atoms with Gasteiger partial charge >= 0.3 is 0 Å². The van der Waals surface area contributed by atoms with E-state index in [-0.39, 0.29) is 12.2 Å². The summed E-state index contributed by atoms with van der Waals surface area (Å²) in [4.78, 5) is 17.1. The predicted octanol–water partition coefficient (Wildman–Crippen LogP) is 1.81. The fourth-order valence-electron chi connectivity index (χ4n) is 3.46. The Balaban J connectivity index is 2.09. The second-order valence-electron chi connectivity index (χ2n) is 6.19. The van der Waals surface area contributed by atoms with Gasteiger partial charge in [0.1, 0.15) is 0 Å². The molecule has 1 amide bonds. The summed E-state index contributed by atoms with van der Waals surface area (Å²) in [6.45, 7) is 7.66. The number of hydrogen-bond acceptors (Lipinski definition) is 3. The van der Waals surface area contributed by atoms with E-state index in [1.54, 1.807) is 0 Å². The molecule has 4 heteroatoms. The van der Waals surface area contributed by atoms with E-state index in [1.807, 2.05) is 0 Å². The molecule has 2 aliphatic heterocycles. The summed E-state index contributed by atoms with van der Waals surface area (Å²) in [5.74, 6) is 0.336. The zero-order valence-corrected chi connectivity index (χ0v) is 12.9. The lowest BCUT2D eigenvalue weighted by molar-refractivity contribution is -0.133. The van der Waals surface area contributed by atoms with Crippen LogP contribution >= 0.6 is 0 Å². The third-order valence-electron chi connectivity index (χ3n) is 4.83. The van der Waals surface area contributed by atoms with Crippen LogP contribution < -0.4 is 5.32 Å². The molecule has 2 heterocycles. The van der Waals surface area contributed by atoms with E-state index in [4.69, 9.17) is 0 Å². The monoisotopic (exact) mass is 267 g/mol. The number of amides is 1. The zero-order valence-electron chi connectivity index (χ0n) is 12.9. The minimum atomic E-state index is 0.0477. The third-order valence-corrected chi connectivity index (χ3v) is 4.83. The second kappa shape index (κ2) is 6.23. The fourth-order valence-corrected chi connectivity index (χ4v) is 3.46. The molecule has 0 aromatic rings. The van der Waals surface area contributed by atoms with Gasteiger partial charge in [-0.15, -0.1) is 0 Å². The molecule has 19 heavy (non-hydrogen) atoms. The fraction of sp³-hybridized carbons (Fsp3) is 0.933. The van der Waals surface area contributed by atoms with Gasteiger partial charge in [0, 0.05) is 18.6 Å². The van der Waals surface area contributed by atoms with E-state index < -0.39 is 0 Å². The van der Waals surface area contributed by atoms with Gasteiger partial charge in [0.25, 0.3) is 0 Å². The number of likely N-dealkylation sites (tertiary alicyclic amines) is 1. The molecule has 2 rings (SSSR count). The molecule has 0 spiro atoms. The van der Waals surface area contributed by atoms with Gasteiger partial charge in [-0.05, 0) is 39.7 Å². The molecule has 0 aromatic heterocycles. The van der Waals surface area contributed by atoms with Gasteiger partial charge in [0.15, 0.2) is 0 Å². The number of nitrogens with one attached hydrogen (secondary N) is 1. The van der Waals surface area contributed by atoms with Crippen LogP contribution in [0.15, 0.2) is 0 Å². The molecule has 2 aliphatic rings. The van der Waals surface area contributed by atoms with Crippen molar-refractivity contribution in [1.82, 2.24) is 15.1 Å². The number of piperidine rings is 1. The molecule has 1 N–H and O–H groups in total. The van der Waals surface area contributed by atoms with E-state index in [0.29, 0.717) is 18.0 Å². The van der Waals surface area contributed by atoms with Crippen LogP contribution in [0.4, 0.5) is 0 Å². The van der Waals surface area contributed by atoms with Crippen molar-refractivity contribution in [3.05, 3.63) is 0 Å². The number of rotatable bonds is 4. The highest BCUT2D eigenvalue weighted by molar-refractivity contribution is 5.84. The Morgan fingerprint density at radius 1 is 1.37 bits per heavy atom. The maximum Gasteiger partial charge on any atom is 0.241 e. The minimum absolute atomic E-state index is 0.0477. The highest BCUT2D eigenvalue weighted by Crippen LogP contribution is 2.27. The van der Waals surface area contributed by atoms with Crippen molar-refractivity contribution in [2.75, 3.05) is 13.6 Å². The maximum atomic E-state index is 12.6. The van der Waals surface area contributed by atoms with Gasteiger partial charge in [-0.25, -0.2) is 0 Å². The topological polar surface area (TPSA) is 35.6 Å². The lowest BCUT2D eigenvalue weighted by Crippen LogP contribution is -2.51. The smallest absolute Gasteiger partial charge is 0.241 e. The normalized spacial score (nSPS) is 37.1. The Hall–Kier alpha value is -0.610. The van der Waals surface area contributed by atoms with Crippen LogP contribution in [-0.2, 0) is 4.79 Å². The molecule has 0 bridgehead atoms. The summed E-state index contributed by atoms with van der Waals surface area (Å²) >= 11 is 0. The third kappa shape index (κ3) is 2.95. The predicted molar refractivity (Wildman–Crippen MR) is 77.9 cm³/mol. The van der Waals surface area contributed by atoms with Crippen LogP contribution in [0, 0.1) is 0 Å². The first-order chi connectivity index (χ1) is 9.08. The molecule has 0 saturated carbocycles. The molecule has 0 aliphatic carbocycles. The Kier molecular flexibility index (Phi) is 4.85. The Morgan fingerprint density at radius 3 is 2.68 bits per heavy atom. The van der Waals surface area contributed by atoms with E-state index >= 15 is 0 Å². The minimum Gasteiger partial charge on any atom is -0.323 e. The van der Waals surface area contributed by atoms with Gasteiger partial charge in [-0.3, -0.25) is 10.1 Å². The molecule has 0 aromatic carbocycles. The highest BCUT2D eigenvalue weighted by atomic mass is 16.2. The van der Waals surface area contributed by atoms with Crippen LogP contribution in [-0.4, -0.2) is 53.6 Å². The van der Waals surface area contributed by atoms with Gasteiger partial charge in [0.05, 0.1) is 12.2 Å². The molecule has 110 valence electrons. The summed E-state index contributed by atoms with van der Waals surface area (Å²) in [6.07, 6.45) is 5.59. The van der Waals surface area contributed by atoms with E-state index in [9.17, 15) is 4.79 Å². The van der Waals surface area contributed by atoms with Gasteiger partial charge in [0.2, 0.25) is 5.91 Å². The van der Waals surface area contributed by atoms with Crippen LogP contribution in [0.3, 0.4) is 0 Å². The van der Waals surface area contributed by atoms with E-state index in [0.717, 1.165) is 38.6 Å². The highest BCUT2D eigenvalue weighted by Gasteiger charge is 2.42. The first-order valence-electron chi connectivity index (χ1n) is 7.86. The Labute approximate surface area is 117 Å². The molecule has 4 nitrogen and oxygen atoms in total. The average molecular weight is 267 g/mol. The molecular formula is C15H29N3O. The standard InChI is InChI=1S/C15H29N3O/c1-5-7-14-16-13(6-2)15(19)18(14)12-8-9-17(4)11(3)10-12/h11-14,16H,5-10H2,1-4H3. The van der Waals surface area contributed by atoms with Crippen molar-refractivity contribution >= 4 is 5.91 Å². The summed E-state index contributed by atoms with van der Waals surface area (Å²) in [6, 6.07) is 1.06. The van der Waals surface area contributed by atoms with E-state index in [2.05, 4.69) is 42.9 Å². The van der Waals surface area contributed by atoms with Crippen molar-refractivity contribution in [3.8, 4) is 0 Å². The van der Waals surface area contributed by atoms with Crippen molar-refractivity contribution in [3.63, 3.8) is 0 Å². The van der Waals surface area contributed by atoms with Crippen molar-refractivity contribution in [1.29, 1.82) is 0 Å². The molecule has 0 radical (unpaired) electrons. The average Bonchev–Trinajstić information content (AvgIpc) is 2.70.